The van der Waals surface area contributed by atoms with Gasteiger partial charge in [0.25, 0.3) is 5.78 Å². The normalized spacial score (nSPS) is 17.3. The minimum atomic E-state index is -0.822. The molecule has 7 nitrogen and oxygen atoms in total. The summed E-state index contributed by atoms with van der Waals surface area (Å²) in [5.41, 5.74) is 2.82. The molecule has 0 aliphatic carbocycles. The number of aromatic nitrogens is 1. The molecule has 0 spiro atoms. The van der Waals surface area contributed by atoms with Crippen molar-refractivity contribution in [2.24, 2.45) is 0 Å². The molecule has 168 valence electrons. The van der Waals surface area contributed by atoms with E-state index in [4.69, 9.17) is 4.74 Å². The Morgan fingerprint density at radius 2 is 1.67 bits per heavy atom. The number of methoxy groups -OCH3 is 1. The van der Waals surface area contributed by atoms with E-state index in [1.54, 1.807) is 43.5 Å². The standard InChI is InChI=1S/C26H25N3O4/c1-16-6-5-7-21(27-16)29-23(17-8-12-19(13-9-17)28(2)3)22(25(31)26(29)32)24(30)18-10-14-20(33-4)15-11-18/h5-15,23,30H,1-4H3/t23-/m1/s1. The van der Waals surface area contributed by atoms with Gasteiger partial charge in [-0.2, -0.15) is 0 Å². The summed E-state index contributed by atoms with van der Waals surface area (Å²) in [7, 11) is 5.41. The third-order valence-corrected chi connectivity index (χ3v) is 5.65. The molecule has 1 amide bonds. The van der Waals surface area contributed by atoms with Gasteiger partial charge in [0.05, 0.1) is 18.7 Å². The molecular formula is C26H25N3O4. The van der Waals surface area contributed by atoms with Crippen LogP contribution in [0.1, 0.15) is 22.9 Å². The number of carbonyl (C=O) groups excluding carboxylic acids is 2. The number of aliphatic hydroxyl groups is 1. The number of hydrogen-bond donors (Lipinski definition) is 1. The molecule has 1 N–H and O–H groups in total. The first-order valence-electron chi connectivity index (χ1n) is 10.5. The summed E-state index contributed by atoms with van der Waals surface area (Å²) in [6.45, 7) is 1.82. The van der Waals surface area contributed by atoms with E-state index in [2.05, 4.69) is 4.98 Å². The van der Waals surface area contributed by atoms with E-state index in [1.807, 2.05) is 56.3 Å². The zero-order chi connectivity index (χ0) is 23.7. The Hall–Kier alpha value is -4.13. The van der Waals surface area contributed by atoms with Gasteiger partial charge in [-0.15, -0.1) is 0 Å². The molecule has 1 aromatic heterocycles. The van der Waals surface area contributed by atoms with Crippen LogP contribution in [0.15, 0.2) is 72.3 Å². The highest BCUT2D eigenvalue weighted by molar-refractivity contribution is 6.51. The maximum absolute atomic E-state index is 13.2. The van der Waals surface area contributed by atoms with Crippen LogP contribution in [0.3, 0.4) is 0 Å². The number of amides is 1. The van der Waals surface area contributed by atoms with Crippen molar-refractivity contribution >= 4 is 29.0 Å². The number of aryl methyl sites for hydroxylation is 1. The molecule has 0 bridgehead atoms. The fraction of sp³-hybridized carbons (Fsp3) is 0.192. The van der Waals surface area contributed by atoms with Crippen LogP contribution in [-0.2, 0) is 9.59 Å². The lowest BCUT2D eigenvalue weighted by molar-refractivity contribution is -0.132. The van der Waals surface area contributed by atoms with Gasteiger partial charge in [0, 0.05) is 31.0 Å². The Morgan fingerprint density at radius 1 is 1.00 bits per heavy atom. The van der Waals surface area contributed by atoms with E-state index in [9.17, 15) is 14.7 Å². The first-order valence-corrected chi connectivity index (χ1v) is 10.5. The molecule has 0 saturated carbocycles. The lowest BCUT2D eigenvalue weighted by atomic mass is 9.95. The first kappa shape index (κ1) is 22.1. The predicted molar refractivity (Wildman–Crippen MR) is 128 cm³/mol. The van der Waals surface area contributed by atoms with Crippen LogP contribution in [0.4, 0.5) is 11.5 Å². The van der Waals surface area contributed by atoms with Crippen LogP contribution in [0.5, 0.6) is 5.75 Å². The van der Waals surface area contributed by atoms with E-state index in [0.29, 0.717) is 28.4 Å². The summed E-state index contributed by atoms with van der Waals surface area (Å²) < 4.78 is 5.18. The SMILES string of the molecule is COc1ccc(C(O)=C2C(=O)C(=O)N(c3cccc(C)n3)[C@@H]2c2ccc(N(C)C)cc2)cc1. The van der Waals surface area contributed by atoms with Gasteiger partial charge in [0.15, 0.2) is 0 Å². The van der Waals surface area contributed by atoms with Crippen molar-refractivity contribution in [3.63, 3.8) is 0 Å². The van der Waals surface area contributed by atoms with Crippen molar-refractivity contribution in [2.75, 3.05) is 31.0 Å². The lowest BCUT2D eigenvalue weighted by Crippen LogP contribution is -2.30. The Bertz CT molecular complexity index is 1230. The zero-order valence-corrected chi connectivity index (χ0v) is 18.9. The number of hydrogen-bond acceptors (Lipinski definition) is 6. The van der Waals surface area contributed by atoms with E-state index in [0.717, 1.165) is 5.69 Å². The first-order chi connectivity index (χ1) is 15.8. The highest BCUT2D eigenvalue weighted by Gasteiger charge is 2.47. The minimum Gasteiger partial charge on any atom is -0.507 e. The van der Waals surface area contributed by atoms with Crippen LogP contribution in [0.25, 0.3) is 5.76 Å². The van der Waals surface area contributed by atoms with Gasteiger partial charge >= 0.3 is 5.91 Å². The third-order valence-electron chi connectivity index (χ3n) is 5.65. The van der Waals surface area contributed by atoms with E-state index >= 15 is 0 Å². The molecule has 1 fully saturated rings. The van der Waals surface area contributed by atoms with Crippen molar-refractivity contribution in [3.8, 4) is 5.75 Å². The van der Waals surface area contributed by atoms with Crippen LogP contribution >= 0.6 is 0 Å². The predicted octanol–water partition coefficient (Wildman–Crippen LogP) is 4.09. The molecule has 33 heavy (non-hydrogen) atoms. The van der Waals surface area contributed by atoms with Gasteiger partial charge in [-0.25, -0.2) is 4.98 Å². The zero-order valence-electron chi connectivity index (χ0n) is 18.9. The molecule has 1 atom stereocenters. The van der Waals surface area contributed by atoms with Gasteiger partial charge in [-0.3, -0.25) is 14.5 Å². The third kappa shape index (κ3) is 4.05. The summed E-state index contributed by atoms with van der Waals surface area (Å²) in [5, 5.41) is 11.2. The second kappa shape index (κ2) is 8.78. The number of ether oxygens (including phenoxy) is 1. The number of nitrogens with zero attached hydrogens (tertiary/aromatic N) is 3. The smallest absolute Gasteiger partial charge is 0.301 e. The molecular weight excluding hydrogens is 418 g/mol. The molecule has 0 radical (unpaired) electrons. The van der Waals surface area contributed by atoms with Crippen molar-refractivity contribution in [3.05, 3.63) is 89.1 Å². The molecule has 2 heterocycles. The molecule has 4 rings (SSSR count). The highest BCUT2D eigenvalue weighted by Crippen LogP contribution is 2.42. The molecule has 3 aromatic rings. The maximum Gasteiger partial charge on any atom is 0.301 e. The number of aliphatic hydroxyl groups excluding tert-OH is 1. The van der Waals surface area contributed by atoms with Crippen LogP contribution in [0.2, 0.25) is 0 Å². The lowest BCUT2D eigenvalue weighted by Gasteiger charge is -2.25. The van der Waals surface area contributed by atoms with Crippen molar-refractivity contribution in [2.45, 2.75) is 13.0 Å². The Morgan fingerprint density at radius 3 is 2.24 bits per heavy atom. The number of ketones is 1. The number of rotatable bonds is 5. The Kier molecular flexibility index (Phi) is 5.87. The summed E-state index contributed by atoms with van der Waals surface area (Å²) in [6, 6.07) is 18.7. The van der Waals surface area contributed by atoms with E-state index in [1.165, 1.54) is 4.90 Å². The number of pyridine rings is 1. The van der Waals surface area contributed by atoms with Crippen molar-refractivity contribution in [1.82, 2.24) is 4.98 Å². The fourth-order valence-electron chi connectivity index (χ4n) is 3.91. The van der Waals surface area contributed by atoms with Gasteiger partial charge in [-0.05, 0) is 61.0 Å². The van der Waals surface area contributed by atoms with Crippen molar-refractivity contribution in [1.29, 1.82) is 0 Å². The minimum absolute atomic E-state index is 0.0195. The molecule has 1 aliphatic heterocycles. The number of anilines is 2. The second-order valence-electron chi connectivity index (χ2n) is 8.02. The molecule has 1 saturated heterocycles. The topological polar surface area (TPSA) is 83.0 Å². The Balaban J connectivity index is 1.91. The number of benzene rings is 2. The van der Waals surface area contributed by atoms with Gasteiger partial charge in [-0.1, -0.05) is 18.2 Å². The van der Waals surface area contributed by atoms with E-state index < -0.39 is 17.7 Å². The quantitative estimate of drug-likeness (QED) is 0.363. The average Bonchev–Trinajstić information content (AvgIpc) is 3.09. The van der Waals surface area contributed by atoms with Crippen LogP contribution in [0, 0.1) is 6.92 Å². The summed E-state index contributed by atoms with van der Waals surface area (Å²) in [4.78, 5) is 34.2. The summed E-state index contributed by atoms with van der Waals surface area (Å²) >= 11 is 0. The second-order valence-corrected chi connectivity index (χ2v) is 8.02. The molecule has 0 unspecified atom stereocenters. The van der Waals surface area contributed by atoms with Crippen LogP contribution in [-0.4, -0.2) is 43.0 Å². The summed E-state index contributed by atoms with van der Waals surface area (Å²) in [5.74, 6) is -0.759. The van der Waals surface area contributed by atoms with Crippen molar-refractivity contribution < 1.29 is 19.4 Å². The highest BCUT2D eigenvalue weighted by atomic mass is 16.5. The maximum atomic E-state index is 13.2. The largest absolute Gasteiger partial charge is 0.507 e. The van der Waals surface area contributed by atoms with Gasteiger partial charge in [0.2, 0.25) is 0 Å². The molecule has 7 heteroatoms. The fourth-order valence-corrected chi connectivity index (χ4v) is 3.91. The average molecular weight is 444 g/mol. The number of Topliss-reactive ketones (excluding diaryl/α,β-unsaturated/α-hetero) is 1. The van der Waals surface area contributed by atoms with E-state index in [-0.39, 0.29) is 11.3 Å². The van der Waals surface area contributed by atoms with Gasteiger partial charge in [0.1, 0.15) is 17.3 Å². The van der Waals surface area contributed by atoms with Crippen LogP contribution < -0.4 is 14.5 Å². The summed E-state index contributed by atoms with van der Waals surface area (Å²) in [6.07, 6.45) is 0. The molecule has 2 aromatic carbocycles. The Labute approximate surface area is 192 Å². The molecule has 1 aliphatic rings. The van der Waals surface area contributed by atoms with Gasteiger partial charge < -0.3 is 14.7 Å². The monoisotopic (exact) mass is 443 g/mol. The number of carbonyl (C=O) groups is 2.